The van der Waals surface area contributed by atoms with Crippen molar-refractivity contribution in [2.24, 2.45) is 7.05 Å². The monoisotopic (exact) mass is 325 g/mol. The zero-order valence-electron chi connectivity index (χ0n) is 10.5. The first-order valence-electron chi connectivity index (χ1n) is 5.84. The summed E-state index contributed by atoms with van der Waals surface area (Å²) in [7, 11) is 1.93. The second kappa shape index (κ2) is 6.41. The molecule has 1 aromatic heterocycles. The molecule has 3 nitrogen and oxygen atoms in total. The third-order valence-corrected chi connectivity index (χ3v) is 4.18. The molecule has 2 aromatic rings. The topological polar surface area (TPSA) is 29.9 Å². The Balaban J connectivity index is 2.08. The molecule has 0 aliphatic carbocycles. The molecule has 0 radical (unpaired) electrons. The average Bonchev–Trinajstić information content (AvgIpc) is 2.74. The van der Waals surface area contributed by atoms with Crippen LogP contribution in [0.15, 0.2) is 44.9 Å². The molecule has 0 saturated carbocycles. The molecule has 0 spiro atoms. The molecule has 0 atom stereocenters. The molecule has 0 aliphatic rings. The van der Waals surface area contributed by atoms with Crippen LogP contribution in [0, 0.1) is 0 Å². The highest BCUT2D eigenvalue weighted by Crippen LogP contribution is 2.30. The molecule has 1 heterocycles. The van der Waals surface area contributed by atoms with E-state index < -0.39 is 0 Å². The molecule has 0 fully saturated rings. The Labute approximate surface area is 120 Å². The van der Waals surface area contributed by atoms with Crippen LogP contribution in [0.1, 0.15) is 12.5 Å². The van der Waals surface area contributed by atoms with Gasteiger partial charge in [0.05, 0.1) is 11.1 Å². The van der Waals surface area contributed by atoms with Crippen LogP contribution in [-0.4, -0.2) is 16.3 Å². The van der Waals surface area contributed by atoms with Crippen LogP contribution in [0.25, 0.3) is 0 Å². The smallest absolute Gasteiger partial charge is 0.0629 e. The van der Waals surface area contributed by atoms with Crippen molar-refractivity contribution >= 4 is 27.7 Å². The lowest BCUT2D eigenvalue weighted by atomic mass is 10.2. The Kier molecular flexibility index (Phi) is 4.86. The van der Waals surface area contributed by atoms with E-state index in [2.05, 4.69) is 51.5 Å². The van der Waals surface area contributed by atoms with Crippen LogP contribution in [0.4, 0.5) is 0 Å². The van der Waals surface area contributed by atoms with Crippen molar-refractivity contribution in [3.63, 3.8) is 0 Å². The highest BCUT2D eigenvalue weighted by atomic mass is 79.9. The molecule has 0 aliphatic heterocycles. The van der Waals surface area contributed by atoms with Gasteiger partial charge in [-0.3, -0.25) is 4.68 Å². The molecule has 18 heavy (non-hydrogen) atoms. The van der Waals surface area contributed by atoms with E-state index in [1.807, 2.05) is 24.1 Å². The second-order valence-corrected chi connectivity index (χ2v) is 5.99. The third kappa shape index (κ3) is 3.60. The molecule has 2 rings (SSSR count). The van der Waals surface area contributed by atoms with Crippen LogP contribution in [0.2, 0.25) is 0 Å². The normalized spacial score (nSPS) is 10.8. The number of benzene rings is 1. The van der Waals surface area contributed by atoms with Gasteiger partial charge in [0.25, 0.3) is 0 Å². The Bertz CT molecular complexity index is 525. The summed E-state index contributed by atoms with van der Waals surface area (Å²) in [6.45, 7) is 3.99. The maximum absolute atomic E-state index is 4.17. The number of halogens is 1. The van der Waals surface area contributed by atoms with Gasteiger partial charge in [0, 0.05) is 29.2 Å². The predicted molar refractivity (Wildman–Crippen MR) is 78.9 cm³/mol. The zero-order chi connectivity index (χ0) is 13.0. The third-order valence-electron chi connectivity index (χ3n) is 2.51. The fourth-order valence-electron chi connectivity index (χ4n) is 1.58. The summed E-state index contributed by atoms with van der Waals surface area (Å²) < 4.78 is 2.97. The fourth-order valence-corrected chi connectivity index (χ4v) is 3.14. The summed E-state index contributed by atoms with van der Waals surface area (Å²) in [6.07, 6.45) is 3.90. The number of aromatic nitrogens is 2. The lowest BCUT2D eigenvalue weighted by molar-refractivity contribution is 0.724. The first-order chi connectivity index (χ1) is 8.69. The average molecular weight is 326 g/mol. The van der Waals surface area contributed by atoms with Gasteiger partial charge in [-0.25, -0.2) is 0 Å². The molecule has 1 aromatic carbocycles. The van der Waals surface area contributed by atoms with E-state index in [-0.39, 0.29) is 0 Å². The van der Waals surface area contributed by atoms with E-state index in [4.69, 9.17) is 0 Å². The number of hydrogen-bond donors (Lipinski definition) is 1. The summed E-state index contributed by atoms with van der Waals surface area (Å²) in [5, 5.41) is 7.50. The number of nitrogens with zero attached hydrogens (tertiary/aromatic N) is 2. The molecule has 96 valence electrons. The highest BCUT2D eigenvalue weighted by Gasteiger charge is 2.04. The Hall–Kier alpha value is -0.780. The Morgan fingerprint density at radius 3 is 2.83 bits per heavy atom. The minimum Gasteiger partial charge on any atom is -0.313 e. The summed E-state index contributed by atoms with van der Waals surface area (Å²) in [5.74, 6) is 0. The molecule has 1 N–H and O–H groups in total. The first kappa shape index (κ1) is 13.6. The highest BCUT2D eigenvalue weighted by molar-refractivity contribution is 9.10. The van der Waals surface area contributed by atoms with E-state index >= 15 is 0 Å². The number of aryl methyl sites for hydroxylation is 1. The lowest BCUT2D eigenvalue weighted by Crippen LogP contribution is -2.11. The standard InChI is InChI=1S/C13H16BrN3S/c1-3-15-7-10-4-5-11(6-13(10)14)18-12-8-16-17(2)9-12/h4-6,8-9,15H,3,7H2,1-2H3. The van der Waals surface area contributed by atoms with Gasteiger partial charge in [0.1, 0.15) is 0 Å². The summed E-state index contributed by atoms with van der Waals surface area (Å²) in [6, 6.07) is 6.46. The van der Waals surface area contributed by atoms with Crippen molar-refractivity contribution in [2.45, 2.75) is 23.3 Å². The molecule has 0 amide bonds. The Morgan fingerprint density at radius 1 is 1.39 bits per heavy atom. The quantitative estimate of drug-likeness (QED) is 0.913. The maximum atomic E-state index is 4.17. The van der Waals surface area contributed by atoms with E-state index in [0.717, 1.165) is 22.5 Å². The van der Waals surface area contributed by atoms with Gasteiger partial charge in [0.2, 0.25) is 0 Å². The van der Waals surface area contributed by atoms with Crippen molar-refractivity contribution in [1.29, 1.82) is 0 Å². The number of rotatable bonds is 5. The van der Waals surface area contributed by atoms with Crippen molar-refractivity contribution < 1.29 is 0 Å². The van der Waals surface area contributed by atoms with Crippen molar-refractivity contribution in [1.82, 2.24) is 15.1 Å². The van der Waals surface area contributed by atoms with E-state index in [1.54, 1.807) is 11.8 Å². The van der Waals surface area contributed by atoms with Crippen LogP contribution < -0.4 is 5.32 Å². The molecular formula is C13H16BrN3S. The maximum Gasteiger partial charge on any atom is 0.0629 e. The van der Waals surface area contributed by atoms with E-state index in [9.17, 15) is 0 Å². The Morgan fingerprint density at radius 2 is 2.22 bits per heavy atom. The first-order valence-corrected chi connectivity index (χ1v) is 7.45. The molecular weight excluding hydrogens is 310 g/mol. The van der Waals surface area contributed by atoms with Crippen LogP contribution >= 0.6 is 27.7 Å². The molecule has 5 heteroatoms. The van der Waals surface area contributed by atoms with Gasteiger partial charge in [-0.05, 0) is 24.2 Å². The summed E-state index contributed by atoms with van der Waals surface area (Å²) in [5.41, 5.74) is 1.28. The second-order valence-electron chi connectivity index (χ2n) is 3.99. The van der Waals surface area contributed by atoms with Crippen LogP contribution in [0.3, 0.4) is 0 Å². The van der Waals surface area contributed by atoms with Gasteiger partial charge < -0.3 is 5.32 Å². The largest absolute Gasteiger partial charge is 0.313 e. The van der Waals surface area contributed by atoms with Crippen molar-refractivity contribution in [3.05, 3.63) is 40.6 Å². The number of nitrogens with one attached hydrogen (secondary N) is 1. The van der Waals surface area contributed by atoms with Gasteiger partial charge in [-0.15, -0.1) is 0 Å². The van der Waals surface area contributed by atoms with Crippen molar-refractivity contribution in [3.8, 4) is 0 Å². The van der Waals surface area contributed by atoms with Crippen molar-refractivity contribution in [2.75, 3.05) is 6.54 Å². The van der Waals surface area contributed by atoms with Gasteiger partial charge in [-0.1, -0.05) is 40.7 Å². The molecule has 0 bridgehead atoms. The van der Waals surface area contributed by atoms with Gasteiger partial charge in [-0.2, -0.15) is 5.10 Å². The SMILES string of the molecule is CCNCc1ccc(Sc2cnn(C)c2)cc1Br. The fraction of sp³-hybridized carbons (Fsp3) is 0.308. The summed E-state index contributed by atoms with van der Waals surface area (Å²) >= 11 is 5.34. The van der Waals surface area contributed by atoms with Crippen LogP contribution in [0.5, 0.6) is 0 Å². The minimum atomic E-state index is 0.898. The van der Waals surface area contributed by atoms with Gasteiger partial charge in [0.15, 0.2) is 0 Å². The minimum absolute atomic E-state index is 0.898. The zero-order valence-corrected chi connectivity index (χ0v) is 12.9. The van der Waals surface area contributed by atoms with Crippen LogP contribution in [-0.2, 0) is 13.6 Å². The van der Waals surface area contributed by atoms with E-state index in [0.29, 0.717) is 0 Å². The predicted octanol–water partition coefficient (Wildman–Crippen LogP) is 3.44. The van der Waals surface area contributed by atoms with E-state index in [1.165, 1.54) is 10.5 Å². The lowest BCUT2D eigenvalue weighted by Gasteiger charge is -2.07. The molecule has 0 saturated heterocycles. The van der Waals surface area contributed by atoms with Gasteiger partial charge >= 0.3 is 0 Å². The molecule has 0 unspecified atom stereocenters. The number of hydrogen-bond acceptors (Lipinski definition) is 3. The summed E-state index contributed by atoms with van der Waals surface area (Å²) in [4.78, 5) is 2.37.